The highest BCUT2D eigenvalue weighted by Crippen LogP contribution is 2.24. The number of ether oxygens (including phenoxy) is 3. The smallest absolute Gasteiger partial charge is 0.359 e. The zero-order valence-electron chi connectivity index (χ0n) is 12.8. The Balaban J connectivity index is 1.78. The minimum atomic E-state index is -1.12. The lowest BCUT2D eigenvalue weighted by atomic mass is 10.2. The molecule has 1 aliphatic rings. The molecule has 0 bridgehead atoms. The Morgan fingerprint density at radius 3 is 1.39 bits per heavy atom. The molecule has 0 N–H and O–H groups in total. The van der Waals surface area contributed by atoms with Gasteiger partial charge in [-0.1, -0.05) is 35.4 Å². The third-order valence-electron chi connectivity index (χ3n) is 3.51. The van der Waals surface area contributed by atoms with Crippen molar-refractivity contribution in [2.24, 2.45) is 0 Å². The third kappa shape index (κ3) is 3.34. The van der Waals surface area contributed by atoms with Crippen LogP contribution in [0.2, 0.25) is 0 Å². The average molecular weight is 312 g/mol. The minimum Gasteiger partial charge on any atom is -0.474 e. The van der Waals surface area contributed by atoms with E-state index in [4.69, 9.17) is 9.47 Å². The van der Waals surface area contributed by atoms with Crippen molar-refractivity contribution in [3.8, 4) is 11.5 Å². The van der Waals surface area contributed by atoms with Gasteiger partial charge < -0.3 is 14.2 Å². The summed E-state index contributed by atoms with van der Waals surface area (Å²) in [5.74, 6) is -0.533. The van der Waals surface area contributed by atoms with Crippen LogP contribution in [0, 0.1) is 13.8 Å². The lowest BCUT2D eigenvalue weighted by Gasteiger charge is -2.17. The van der Waals surface area contributed by atoms with Crippen LogP contribution in [0.1, 0.15) is 11.1 Å². The molecular formula is C18H16O5. The largest absolute Gasteiger partial charge is 0.474 e. The van der Waals surface area contributed by atoms with Gasteiger partial charge in [0.15, 0.2) is 0 Å². The first-order valence-corrected chi connectivity index (χ1v) is 7.25. The number of rotatable bonds is 4. The van der Waals surface area contributed by atoms with E-state index in [1.165, 1.54) is 0 Å². The van der Waals surface area contributed by atoms with Crippen LogP contribution in [0.25, 0.3) is 0 Å². The number of esters is 2. The zero-order valence-corrected chi connectivity index (χ0v) is 12.8. The standard InChI is InChI=1S/C18H16O5/c1-11-3-7-13(8-4-11)21-15-16(18(20)23-17(15)19)22-14-9-5-12(2)6-10-14/h3-10,15-16H,1-2H3/t15-,16-/m0/s1. The molecule has 1 heterocycles. The Bertz CT molecular complexity index is 655. The predicted molar refractivity (Wildman–Crippen MR) is 82.3 cm³/mol. The molecular weight excluding hydrogens is 296 g/mol. The van der Waals surface area contributed by atoms with Gasteiger partial charge in [-0.2, -0.15) is 0 Å². The Kier molecular flexibility index (Phi) is 4.02. The molecule has 0 spiro atoms. The van der Waals surface area contributed by atoms with Crippen molar-refractivity contribution in [1.82, 2.24) is 0 Å². The van der Waals surface area contributed by atoms with Crippen LogP contribution in [0.3, 0.4) is 0 Å². The monoisotopic (exact) mass is 312 g/mol. The first-order chi connectivity index (χ1) is 11.0. The second kappa shape index (κ2) is 6.12. The van der Waals surface area contributed by atoms with Gasteiger partial charge in [0.25, 0.3) is 0 Å². The fraction of sp³-hybridized carbons (Fsp3) is 0.222. The van der Waals surface area contributed by atoms with Crippen molar-refractivity contribution in [2.75, 3.05) is 0 Å². The molecule has 1 fully saturated rings. The van der Waals surface area contributed by atoms with Gasteiger partial charge in [0.1, 0.15) is 11.5 Å². The first kappa shape index (κ1) is 15.1. The molecule has 0 amide bonds. The van der Waals surface area contributed by atoms with E-state index in [1.807, 2.05) is 38.1 Å². The van der Waals surface area contributed by atoms with Crippen LogP contribution in [0.5, 0.6) is 11.5 Å². The van der Waals surface area contributed by atoms with Crippen molar-refractivity contribution < 1.29 is 23.8 Å². The van der Waals surface area contributed by atoms with Crippen molar-refractivity contribution in [2.45, 2.75) is 26.1 Å². The Hall–Kier alpha value is -2.82. The summed E-state index contributed by atoms with van der Waals surface area (Å²) in [7, 11) is 0. The van der Waals surface area contributed by atoms with E-state index in [0.717, 1.165) is 11.1 Å². The number of hydrogen-bond acceptors (Lipinski definition) is 5. The number of carbonyl (C=O) groups is 2. The second-order valence-electron chi connectivity index (χ2n) is 5.44. The summed E-state index contributed by atoms with van der Waals surface area (Å²) in [6.07, 6.45) is -2.24. The minimum absolute atomic E-state index is 0.477. The molecule has 2 aromatic rings. The van der Waals surface area contributed by atoms with E-state index < -0.39 is 24.1 Å². The zero-order chi connectivity index (χ0) is 16.4. The van der Waals surface area contributed by atoms with Crippen LogP contribution in [0.4, 0.5) is 0 Å². The van der Waals surface area contributed by atoms with E-state index in [1.54, 1.807) is 24.3 Å². The maximum Gasteiger partial charge on any atom is 0.359 e. The predicted octanol–water partition coefficient (Wildman–Crippen LogP) is 2.58. The molecule has 2 aromatic carbocycles. The van der Waals surface area contributed by atoms with E-state index in [2.05, 4.69) is 4.74 Å². The quantitative estimate of drug-likeness (QED) is 0.641. The Morgan fingerprint density at radius 1 is 0.696 bits per heavy atom. The molecule has 0 radical (unpaired) electrons. The summed E-state index contributed by atoms with van der Waals surface area (Å²) in [5, 5.41) is 0. The van der Waals surface area contributed by atoms with E-state index in [0.29, 0.717) is 11.5 Å². The average Bonchev–Trinajstić information content (AvgIpc) is 2.78. The molecule has 3 rings (SSSR count). The van der Waals surface area contributed by atoms with Gasteiger partial charge in [0.05, 0.1) is 0 Å². The number of carbonyl (C=O) groups excluding carboxylic acids is 2. The molecule has 0 aromatic heterocycles. The molecule has 1 aliphatic heterocycles. The van der Waals surface area contributed by atoms with E-state index in [9.17, 15) is 9.59 Å². The van der Waals surface area contributed by atoms with Gasteiger partial charge in [-0.3, -0.25) is 0 Å². The van der Waals surface area contributed by atoms with Crippen LogP contribution in [-0.4, -0.2) is 24.1 Å². The summed E-state index contributed by atoms with van der Waals surface area (Å²) >= 11 is 0. The fourth-order valence-corrected chi connectivity index (χ4v) is 2.21. The summed E-state index contributed by atoms with van der Waals surface area (Å²) in [6, 6.07) is 14.3. The number of benzene rings is 2. The molecule has 5 nitrogen and oxygen atoms in total. The van der Waals surface area contributed by atoms with Crippen LogP contribution < -0.4 is 9.47 Å². The normalized spacial score (nSPS) is 20.3. The number of hydrogen-bond donors (Lipinski definition) is 0. The highest BCUT2D eigenvalue weighted by Gasteiger charge is 2.48. The molecule has 0 aliphatic carbocycles. The maximum atomic E-state index is 11.9. The SMILES string of the molecule is Cc1ccc(O[C@@H]2C(=O)OC(=O)[C@H]2Oc2ccc(C)cc2)cc1. The Morgan fingerprint density at radius 2 is 1.04 bits per heavy atom. The van der Waals surface area contributed by atoms with Gasteiger partial charge in [-0.15, -0.1) is 0 Å². The fourth-order valence-electron chi connectivity index (χ4n) is 2.21. The van der Waals surface area contributed by atoms with Crippen LogP contribution in [0.15, 0.2) is 48.5 Å². The lowest BCUT2D eigenvalue weighted by Crippen LogP contribution is -2.39. The lowest BCUT2D eigenvalue weighted by molar-refractivity contribution is -0.154. The summed E-state index contributed by atoms with van der Waals surface area (Å²) in [6.45, 7) is 3.89. The maximum absolute atomic E-state index is 11.9. The summed E-state index contributed by atoms with van der Waals surface area (Å²) in [4.78, 5) is 23.7. The van der Waals surface area contributed by atoms with Crippen molar-refractivity contribution in [3.05, 3.63) is 59.7 Å². The number of cyclic esters (lactones) is 2. The second-order valence-corrected chi connectivity index (χ2v) is 5.44. The highest BCUT2D eigenvalue weighted by atomic mass is 16.7. The van der Waals surface area contributed by atoms with E-state index >= 15 is 0 Å². The molecule has 0 unspecified atom stereocenters. The van der Waals surface area contributed by atoms with E-state index in [-0.39, 0.29) is 0 Å². The molecule has 2 atom stereocenters. The van der Waals surface area contributed by atoms with Gasteiger partial charge >= 0.3 is 11.9 Å². The first-order valence-electron chi connectivity index (χ1n) is 7.25. The molecule has 23 heavy (non-hydrogen) atoms. The van der Waals surface area contributed by atoms with Crippen molar-refractivity contribution in [1.29, 1.82) is 0 Å². The Labute approximate surface area is 133 Å². The van der Waals surface area contributed by atoms with Gasteiger partial charge in [-0.05, 0) is 38.1 Å². The van der Waals surface area contributed by atoms with Gasteiger partial charge in [0.2, 0.25) is 12.2 Å². The van der Waals surface area contributed by atoms with Gasteiger partial charge in [0, 0.05) is 0 Å². The van der Waals surface area contributed by atoms with Crippen LogP contribution >= 0.6 is 0 Å². The summed E-state index contributed by atoms with van der Waals surface area (Å²) in [5.41, 5.74) is 2.13. The molecule has 1 saturated heterocycles. The summed E-state index contributed by atoms with van der Waals surface area (Å²) < 4.78 is 15.9. The molecule has 5 heteroatoms. The van der Waals surface area contributed by atoms with Crippen molar-refractivity contribution in [3.63, 3.8) is 0 Å². The molecule has 0 saturated carbocycles. The molecule has 118 valence electrons. The third-order valence-corrected chi connectivity index (χ3v) is 3.51. The number of aryl methyl sites for hydroxylation is 2. The topological polar surface area (TPSA) is 61.8 Å². The van der Waals surface area contributed by atoms with Crippen LogP contribution in [-0.2, 0) is 14.3 Å². The van der Waals surface area contributed by atoms with Gasteiger partial charge in [-0.25, -0.2) is 9.59 Å². The highest BCUT2D eigenvalue weighted by molar-refractivity contribution is 6.00. The van der Waals surface area contributed by atoms with Crippen molar-refractivity contribution >= 4 is 11.9 Å².